The molecule has 4 heteroatoms. The maximum atomic E-state index is 12.3. The number of likely N-dealkylation sites (N-methyl/N-ethyl adjacent to an activating group) is 1. The molecule has 1 aliphatic rings. The Hall–Kier alpha value is -1.84. The summed E-state index contributed by atoms with van der Waals surface area (Å²) in [5, 5.41) is 0. The molecule has 0 N–H and O–H groups in total. The molecule has 1 aliphatic heterocycles. The van der Waals surface area contributed by atoms with Gasteiger partial charge in [0.1, 0.15) is 5.78 Å². The van der Waals surface area contributed by atoms with Gasteiger partial charge in [-0.15, -0.1) is 0 Å². The van der Waals surface area contributed by atoms with Crippen LogP contribution in [0.5, 0.6) is 0 Å². The van der Waals surface area contributed by atoms with Gasteiger partial charge in [0.05, 0.1) is 6.54 Å². The van der Waals surface area contributed by atoms with Crippen LogP contribution in [0.25, 0.3) is 0 Å². The molecule has 0 unspecified atom stereocenters. The minimum Gasteiger partial charge on any atom is -0.362 e. The van der Waals surface area contributed by atoms with Crippen LogP contribution in [-0.4, -0.2) is 42.8 Å². The van der Waals surface area contributed by atoms with Crippen LogP contribution in [0.3, 0.4) is 0 Å². The number of Topliss-reactive ketones (excluding diaryl/α,β-unsaturated/α-hetero) is 1. The molecule has 4 nitrogen and oxygen atoms in total. The molecule has 1 aromatic carbocycles. The lowest BCUT2D eigenvalue weighted by molar-refractivity contribution is -0.133. The molecule has 1 saturated heterocycles. The Morgan fingerprint density at radius 2 is 1.80 bits per heavy atom. The molecule has 108 valence electrons. The quantitative estimate of drug-likeness (QED) is 0.843. The summed E-state index contributed by atoms with van der Waals surface area (Å²) in [4.78, 5) is 27.4. The van der Waals surface area contributed by atoms with Crippen molar-refractivity contribution < 1.29 is 9.59 Å². The normalized spacial score (nSPS) is 15.3. The molecular weight excluding hydrogens is 252 g/mol. The van der Waals surface area contributed by atoms with Crippen molar-refractivity contribution in [3.8, 4) is 0 Å². The standard InChI is InChI=1S/C16H22N2O2/c1-3-17(14-6-4-13(2)5-7-14)12-16(20)18-10-8-15(19)9-11-18/h4-7H,3,8-12H2,1-2H3. The van der Waals surface area contributed by atoms with Crippen molar-refractivity contribution in [1.82, 2.24) is 4.90 Å². The molecule has 0 bridgehead atoms. The van der Waals surface area contributed by atoms with Crippen molar-refractivity contribution in [2.45, 2.75) is 26.7 Å². The Morgan fingerprint density at radius 1 is 1.20 bits per heavy atom. The number of anilines is 1. The van der Waals surface area contributed by atoms with E-state index in [0.29, 0.717) is 32.5 Å². The summed E-state index contributed by atoms with van der Waals surface area (Å²) in [5.41, 5.74) is 2.28. The zero-order valence-corrected chi connectivity index (χ0v) is 12.3. The first-order valence-corrected chi connectivity index (χ1v) is 7.21. The van der Waals surface area contributed by atoms with Gasteiger partial charge in [-0.2, -0.15) is 0 Å². The average molecular weight is 274 g/mol. The van der Waals surface area contributed by atoms with E-state index in [1.807, 2.05) is 19.1 Å². The smallest absolute Gasteiger partial charge is 0.242 e. The predicted molar refractivity (Wildman–Crippen MR) is 79.9 cm³/mol. The molecular formula is C16H22N2O2. The summed E-state index contributed by atoms with van der Waals surface area (Å²) in [5.74, 6) is 0.375. The largest absolute Gasteiger partial charge is 0.362 e. The molecule has 0 radical (unpaired) electrons. The van der Waals surface area contributed by atoms with Crippen LogP contribution in [0.2, 0.25) is 0 Å². The minimum atomic E-state index is 0.111. The second-order valence-corrected chi connectivity index (χ2v) is 5.27. The number of carbonyl (C=O) groups is 2. The Labute approximate surface area is 120 Å². The minimum absolute atomic E-state index is 0.111. The Morgan fingerprint density at radius 3 is 2.35 bits per heavy atom. The highest BCUT2D eigenvalue weighted by molar-refractivity contribution is 5.85. The van der Waals surface area contributed by atoms with Crippen LogP contribution < -0.4 is 4.90 Å². The van der Waals surface area contributed by atoms with E-state index < -0.39 is 0 Å². The number of aryl methyl sites for hydroxylation is 1. The second-order valence-electron chi connectivity index (χ2n) is 5.27. The fourth-order valence-corrected chi connectivity index (χ4v) is 2.41. The van der Waals surface area contributed by atoms with E-state index in [9.17, 15) is 9.59 Å². The van der Waals surface area contributed by atoms with Crippen LogP contribution in [-0.2, 0) is 9.59 Å². The van der Waals surface area contributed by atoms with Gasteiger partial charge in [0.15, 0.2) is 0 Å². The topological polar surface area (TPSA) is 40.6 Å². The number of benzene rings is 1. The fourth-order valence-electron chi connectivity index (χ4n) is 2.41. The van der Waals surface area contributed by atoms with Crippen LogP contribution in [0, 0.1) is 6.92 Å². The zero-order chi connectivity index (χ0) is 14.5. The van der Waals surface area contributed by atoms with Gasteiger partial charge in [0.25, 0.3) is 0 Å². The Bertz CT molecular complexity index is 472. The molecule has 0 spiro atoms. The number of amides is 1. The van der Waals surface area contributed by atoms with Gasteiger partial charge in [-0.3, -0.25) is 9.59 Å². The van der Waals surface area contributed by atoms with E-state index in [2.05, 4.69) is 24.0 Å². The first-order chi connectivity index (χ1) is 9.60. The lowest BCUT2D eigenvalue weighted by Gasteiger charge is -2.30. The molecule has 0 saturated carbocycles. The summed E-state index contributed by atoms with van der Waals surface area (Å²) < 4.78 is 0. The van der Waals surface area contributed by atoms with Crippen LogP contribution in [0.15, 0.2) is 24.3 Å². The third kappa shape index (κ3) is 3.59. The maximum absolute atomic E-state index is 12.3. The molecule has 1 amide bonds. The van der Waals surface area contributed by atoms with E-state index in [-0.39, 0.29) is 11.7 Å². The van der Waals surface area contributed by atoms with Gasteiger partial charge in [0.2, 0.25) is 5.91 Å². The van der Waals surface area contributed by atoms with Gasteiger partial charge >= 0.3 is 0 Å². The molecule has 1 aromatic rings. The third-order valence-electron chi connectivity index (χ3n) is 3.78. The lowest BCUT2D eigenvalue weighted by atomic mass is 10.1. The number of nitrogens with zero attached hydrogens (tertiary/aromatic N) is 2. The number of carbonyl (C=O) groups excluding carboxylic acids is 2. The van der Waals surface area contributed by atoms with Crippen molar-refractivity contribution in [2.75, 3.05) is 31.1 Å². The molecule has 1 heterocycles. The second kappa shape index (κ2) is 6.55. The van der Waals surface area contributed by atoms with Gasteiger partial charge in [-0.05, 0) is 26.0 Å². The van der Waals surface area contributed by atoms with Crippen molar-refractivity contribution >= 4 is 17.4 Å². The van der Waals surface area contributed by atoms with E-state index in [1.54, 1.807) is 4.90 Å². The summed E-state index contributed by atoms with van der Waals surface area (Å²) in [6.45, 7) is 6.42. The van der Waals surface area contributed by atoms with E-state index in [1.165, 1.54) is 5.56 Å². The first-order valence-electron chi connectivity index (χ1n) is 7.21. The lowest BCUT2D eigenvalue weighted by Crippen LogP contribution is -2.44. The monoisotopic (exact) mass is 274 g/mol. The molecule has 20 heavy (non-hydrogen) atoms. The Balaban J connectivity index is 1.97. The number of hydrogen-bond donors (Lipinski definition) is 0. The highest BCUT2D eigenvalue weighted by atomic mass is 16.2. The van der Waals surface area contributed by atoms with E-state index >= 15 is 0 Å². The predicted octanol–water partition coefficient (Wildman–Crippen LogP) is 2.01. The zero-order valence-electron chi connectivity index (χ0n) is 12.3. The van der Waals surface area contributed by atoms with Crippen molar-refractivity contribution in [1.29, 1.82) is 0 Å². The van der Waals surface area contributed by atoms with Gasteiger partial charge < -0.3 is 9.80 Å². The molecule has 0 aromatic heterocycles. The molecule has 1 fully saturated rings. The number of piperidine rings is 1. The fraction of sp³-hybridized carbons (Fsp3) is 0.500. The van der Waals surface area contributed by atoms with Crippen molar-refractivity contribution in [2.24, 2.45) is 0 Å². The SMILES string of the molecule is CCN(CC(=O)N1CCC(=O)CC1)c1ccc(C)cc1. The highest BCUT2D eigenvalue weighted by Gasteiger charge is 2.22. The van der Waals surface area contributed by atoms with Gasteiger partial charge in [-0.1, -0.05) is 17.7 Å². The summed E-state index contributed by atoms with van der Waals surface area (Å²) in [6, 6.07) is 8.21. The van der Waals surface area contributed by atoms with Crippen molar-refractivity contribution in [3.05, 3.63) is 29.8 Å². The number of likely N-dealkylation sites (tertiary alicyclic amines) is 1. The number of ketones is 1. The molecule has 0 atom stereocenters. The Kier molecular flexibility index (Phi) is 4.77. The van der Waals surface area contributed by atoms with Crippen LogP contribution in [0.4, 0.5) is 5.69 Å². The first kappa shape index (κ1) is 14.6. The number of hydrogen-bond acceptors (Lipinski definition) is 3. The highest BCUT2D eigenvalue weighted by Crippen LogP contribution is 2.15. The van der Waals surface area contributed by atoms with Crippen molar-refractivity contribution in [3.63, 3.8) is 0 Å². The summed E-state index contributed by atoms with van der Waals surface area (Å²) in [7, 11) is 0. The maximum Gasteiger partial charge on any atom is 0.242 e. The average Bonchev–Trinajstić information content (AvgIpc) is 2.46. The summed E-state index contributed by atoms with van der Waals surface area (Å²) in [6.07, 6.45) is 1.00. The van der Waals surface area contributed by atoms with Gasteiger partial charge in [-0.25, -0.2) is 0 Å². The van der Waals surface area contributed by atoms with E-state index in [0.717, 1.165) is 12.2 Å². The summed E-state index contributed by atoms with van der Waals surface area (Å²) >= 11 is 0. The molecule has 2 rings (SSSR count). The third-order valence-corrected chi connectivity index (χ3v) is 3.78. The number of rotatable bonds is 4. The van der Waals surface area contributed by atoms with Crippen LogP contribution >= 0.6 is 0 Å². The van der Waals surface area contributed by atoms with Gasteiger partial charge in [0, 0.05) is 38.2 Å². The molecule has 0 aliphatic carbocycles. The van der Waals surface area contributed by atoms with Crippen LogP contribution in [0.1, 0.15) is 25.3 Å². The van der Waals surface area contributed by atoms with E-state index in [4.69, 9.17) is 0 Å².